The Hall–Kier alpha value is -1.80. The van der Waals surface area contributed by atoms with Gasteiger partial charge in [0.15, 0.2) is 0 Å². The van der Waals surface area contributed by atoms with Crippen molar-refractivity contribution in [3.05, 3.63) is 64.4 Å². The number of aryl methyl sites for hydroxylation is 1. The lowest BCUT2D eigenvalue weighted by Gasteiger charge is -2.33. The number of nitrogens with zero attached hydrogens (tertiary/aromatic N) is 2. The van der Waals surface area contributed by atoms with E-state index < -0.39 is 0 Å². The molecule has 0 amide bonds. The maximum absolute atomic E-state index is 2.55. The summed E-state index contributed by atoms with van der Waals surface area (Å²) in [5, 5.41) is 0. The zero-order chi connectivity index (χ0) is 23.6. The molecule has 1 atom stereocenters. The number of likely N-dealkylation sites (N-methyl/N-ethyl adjacent to an activating group) is 1. The molecule has 0 radical (unpaired) electrons. The van der Waals surface area contributed by atoms with Crippen molar-refractivity contribution < 1.29 is 0 Å². The van der Waals surface area contributed by atoms with Crippen LogP contribution < -0.4 is 4.90 Å². The summed E-state index contributed by atoms with van der Waals surface area (Å²) in [7, 11) is 2.21. The van der Waals surface area contributed by atoms with Gasteiger partial charge in [0.05, 0.1) is 0 Å². The molecule has 1 aliphatic rings. The molecule has 31 heavy (non-hydrogen) atoms. The van der Waals surface area contributed by atoms with E-state index in [-0.39, 0.29) is 10.8 Å². The molecule has 0 aromatic heterocycles. The van der Waals surface area contributed by atoms with Gasteiger partial charge in [-0.2, -0.15) is 0 Å². The molecule has 172 valence electrons. The van der Waals surface area contributed by atoms with E-state index >= 15 is 0 Å². The van der Waals surface area contributed by atoms with Crippen LogP contribution in [0.15, 0.2) is 53.3 Å². The maximum Gasteiger partial charge on any atom is 0.0470 e. The topological polar surface area (TPSA) is 6.48 Å². The van der Waals surface area contributed by atoms with Gasteiger partial charge in [-0.1, -0.05) is 78.3 Å². The molecular weight excluding hydrogens is 376 g/mol. The molecule has 0 fully saturated rings. The predicted octanol–water partition coefficient (Wildman–Crippen LogP) is 7.65. The van der Waals surface area contributed by atoms with Crippen LogP contribution in [0.4, 0.5) is 5.69 Å². The van der Waals surface area contributed by atoms with Crippen molar-refractivity contribution in [2.24, 2.45) is 5.41 Å². The van der Waals surface area contributed by atoms with Crippen LogP contribution in [-0.2, 0) is 5.41 Å². The first kappa shape index (κ1) is 25.5. The lowest BCUT2D eigenvalue weighted by molar-refractivity contribution is 0.340. The zero-order valence-corrected chi connectivity index (χ0v) is 22.1. The van der Waals surface area contributed by atoms with Crippen LogP contribution in [0.2, 0.25) is 0 Å². The van der Waals surface area contributed by atoms with Gasteiger partial charge in [0.2, 0.25) is 0 Å². The fraction of sp³-hybridized carbons (Fsp3) is 0.586. The van der Waals surface area contributed by atoms with Crippen molar-refractivity contribution in [2.75, 3.05) is 25.0 Å². The average Bonchev–Trinajstić information content (AvgIpc) is 2.97. The molecule has 0 N–H and O–H groups in total. The molecule has 1 aromatic carbocycles. The molecule has 0 saturated heterocycles. The van der Waals surface area contributed by atoms with Crippen molar-refractivity contribution >= 4 is 5.69 Å². The second-order valence-corrected chi connectivity index (χ2v) is 11.4. The van der Waals surface area contributed by atoms with Gasteiger partial charge in [0.1, 0.15) is 0 Å². The number of anilines is 1. The van der Waals surface area contributed by atoms with Crippen molar-refractivity contribution in [3.63, 3.8) is 0 Å². The summed E-state index contributed by atoms with van der Waals surface area (Å²) in [6.07, 6.45) is 8.27. The third-order valence-electron chi connectivity index (χ3n) is 6.44. The molecule has 2 nitrogen and oxygen atoms in total. The minimum atomic E-state index is 0.159. The van der Waals surface area contributed by atoms with E-state index in [9.17, 15) is 0 Å². The largest absolute Gasteiger partial charge is 0.339 e. The molecule has 2 heteroatoms. The lowest BCUT2D eigenvalue weighted by Crippen LogP contribution is -2.34. The second-order valence-electron chi connectivity index (χ2n) is 11.4. The molecule has 1 heterocycles. The average molecular weight is 423 g/mol. The van der Waals surface area contributed by atoms with Gasteiger partial charge in [-0.05, 0) is 73.9 Å². The highest BCUT2D eigenvalue weighted by atomic mass is 15.2. The van der Waals surface area contributed by atoms with Gasteiger partial charge >= 0.3 is 0 Å². The molecule has 0 bridgehead atoms. The Kier molecular flexibility index (Phi) is 8.03. The Labute approximate surface area is 192 Å². The van der Waals surface area contributed by atoms with Crippen LogP contribution in [0.25, 0.3) is 0 Å². The van der Waals surface area contributed by atoms with Crippen LogP contribution in [0, 0.1) is 12.3 Å². The standard InChI is InChI=1S/C29H46N2/c1-12-13-24(28(5,6)7)18-21(2)20-31(27-16-17-30(11)23(27)4)26-15-14-25(19-22(26)3)29(8,9)10/h13-16,18-19,23H,12,17,20H2,1-11H3/b21-18-,24-13+. The maximum atomic E-state index is 2.55. The summed E-state index contributed by atoms with van der Waals surface area (Å²) in [5.41, 5.74) is 8.64. The van der Waals surface area contributed by atoms with Gasteiger partial charge in [-0.3, -0.25) is 4.90 Å². The highest BCUT2D eigenvalue weighted by molar-refractivity contribution is 5.61. The Balaban J connectivity index is 2.49. The number of rotatable bonds is 6. The van der Waals surface area contributed by atoms with E-state index in [4.69, 9.17) is 0 Å². The fourth-order valence-corrected chi connectivity index (χ4v) is 4.23. The highest BCUT2D eigenvalue weighted by Crippen LogP contribution is 2.34. The third-order valence-corrected chi connectivity index (χ3v) is 6.44. The lowest BCUT2D eigenvalue weighted by atomic mass is 9.84. The Morgan fingerprint density at radius 1 is 1.16 bits per heavy atom. The first-order valence-electron chi connectivity index (χ1n) is 11.9. The number of hydrogen-bond acceptors (Lipinski definition) is 2. The van der Waals surface area contributed by atoms with Crippen LogP contribution in [0.5, 0.6) is 0 Å². The van der Waals surface area contributed by atoms with Crippen LogP contribution in [0.3, 0.4) is 0 Å². The molecule has 0 aliphatic carbocycles. The van der Waals surface area contributed by atoms with Gasteiger partial charge in [0, 0.05) is 30.5 Å². The normalized spacial score (nSPS) is 19.1. The van der Waals surface area contributed by atoms with Crippen LogP contribution in [-0.4, -0.2) is 31.1 Å². The molecule has 1 unspecified atom stereocenters. The first-order chi connectivity index (χ1) is 14.3. The predicted molar refractivity (Wildman–Crippen MR) is 139 cm³/mol. The van der Waals surface area contributed by atoms with Crippen molar-refractivity contribution in [3.8, 4) is 0 Å². The SMILES string of the molecule is CC/C=C(\C=C(\C)CN(C1=CCN(C)C1C)c1ccc(C(C)(C)C)cc1C)C(C)(C)C. The second kappa shape index (κ2) is 9.77. The van der Waals surface area contributed by atoms with E-state index in [2.05, 4.69) is 123 Å². The monoisotopic (exact) mass is 422 g/mol. The summed E-state index contributed by atoms with van der Waals surface area (Å²) in [4.78, 5) is 4.96. The highest BCUT2D eigenvalue weighted by Gasteiger charge is 2.27. The number of allylic oxidation sites excluding steroid dienone is 3. The van der Waals surface area contributed by atoms with E-state index in [0.717, 1.165) is 19.5 Å². The minimum Gasteiger partial charge on any atom is -0.339 e. The Morgan fingerprint density at radius 3 is 2.26 bits per heavy atom. The third kappa shape index (κ3) is 6.35. The quantitative estimate of drug-likeness (QED) is 0.434. The summed E-state index contributed by atoms with van der Waals surface area (Å²) in [6.45, 7) is 24.8. The molecule has 1 aromatic rings. The van der Waals surface area contributed by atoms with Gasteiger partial charge in [-0.15, -0.1) is 0 Å². The van der Waals surface area contributed by atoms with E-state index in [0.29, 0.717) is 6.04 Å². The Bertz CT molecular complexity index is 856. The minimum absolute atomic E-state index is 0.159. The van der Waals surface area contributed by atoms with Gasteiger partial charge < -0.3 is 4.90 Å². The first-order valence-corrected chi connectivity index (χ1v) is 11.9. The summed E-state index contributed by atoms with van der Waals surface area (Å²) in [5.74, 6) is 0. The van der Waals surface area contributed by atoms with Crippen molar-refractivity contribution in [1.29, 1.82) is 0 Å². The molecule has 0 spiro atoms. The number of benzene rings is 1. The van der Waals surface area contributed by atoms with E-state index in [1.54, 1.807) is 0 Å². The smallest absolute Gasteiger partial charge is 0.0470 e. The molecule has 2 rings (SSSR count). The fourth-order valence-electron chi connectivity index (χ4n) is 4.23. The molecule has 0 saturated carbocycles. The van der Waals surface area contributed by atoms with E-state index in [1.165, 1.54) is 33.7 Å². The van der Waals surface area contributed by atoms with Gasteiger partial charge in [-0.25, -0.2) is 0 Å². The molecule has 1 aliphatic heterocycles. The van der Waals surface area contributed by atoms with Crippen LogP contribution >= 0.6 is 0 Å². The summed E-state index contributed by atoms with van der Waals surface area (Å²) < 4.78 is 0. The molecular formula is C29H46N2. The van der Waals surface area contributed by atoms with Crippen LogP contribution in [0.1, 0.15) is 79.9 Å². The van der Waals surface area contributed by atoms with E-state index in [1.807, 2.05) is 0 Å². The van der Waals surface area contributed by atoms with Crippen molar-refractivity contribution in [1.82, 2.24) is 4.90 Å². The van der Waals surface area contributed by atoms with Gasteiger partial charge in [0.25, 0.3) is 0 Å². The Morgan fingerprint density at radius 2 is 1.81 bits per heavy atom. The summed E-state index contributed by atoms with van der Waals surface area (Å²) >= 11 is 0. The summed E-state index contributed by atoms with van der Waals surface area (Å²) in [6, 6.07) is 7.45. The number of hydrogen-bond donors (Lipinski definition) is 0. The zero-order valence-electron chi connectivity index (χ0n) is 22.1. The van der Waals surface area contributed by atoms with Crippen molar-refractivity contribution in [2.45, 2.75) is 87.1 Å².